The van der Waals surface area contributed by atoms with Gasteiger partial charge in [-0.1, -0.05) is 6.07 Å². The standard InChI is InChI=1S/C16H22N2O6/c1-10(16(21)22)18(9-8-17-11(2)19)15(20)12-6-5-7-13(23-3)14(12)24-4/h5-7,10H,8-9H2,1-4H3,(H,17,19)(H,21,22). The summed E-state index contributed by atoms with van der Waals surface area (Å²) in [6.07, 6.45) is 0. The molecule has 0 aromatic heterocycles. The number of carbonyl (C=O) groups is 3. The third-order valence-corrected chi connectivity index (χ3v) is 3.45. The molecule has 2 N–H and O–H groups in total. The Kier molecular flexibility index (Phi) is 7.03. The molecule has 1 unspecified atom stereocenters. The van der Waals surface area contributed by atoms with Gasteiger partial charge in [-0.3, -0.25) is 9.59 Å². The number of aliphatic carboxylic acids is 1. The number of carboxylic acids is 1. The molecule has 2 amide bonds. The maximum absolute atomic E-state index is 12.8. The minimum Gasteiger partial charge on any atom is -0.493 e. The van der Waals surface area contributed by atoms with Crippen molar-refractivity contribution in [3.8, 4) is 11.5 Å². The first-order valence-electron chi connectivity index (χ1n) is 7.32. The number of para-hydroxylation sites is 1. The third kappa shape index (κ3) is 4.61. The summed E-state index contributed by atoms with van der Waals surface area (Å²) >= 11 is 0. The highest BCUT2D eigenvalue weighted by atomic mass is 16.5. The number of benzene rings is 1. The summed E-state index contributed by atoms with van der Waals surface area (Å²) in [5, 5.41) is 11.8. The van der Waals surface area contributed by atoms with Gasteiger partial charge in [-0.2, -0.15) is 0 Å². The van der Waals surface area contributed by atoms with Crippen LogP contribution in [0.15, 0.2) is 18.2 Å². The van der Waals surface area contributed by atoms with Crippen LogP contribution in [0.3, 0.4) is 0 Å². The van der Waals surface area contributed by atoms with Crippen LogP contribution in [0.1, 0.15) is 24.2 Å². The summed E-state index contributed by atoms with van der Waals surface area (Å²) in [5.41, 5.74) is 0.188. The van der Waals surface area contributed by atoms with Gasteiger partial charge in [0.2, 0.25) is 5.91 Å². The molecule has 0 fully saturated rings. The largest absolute Gasteiger partial charge is 0.493 e. The van der Waals surface area contributed by atoms with Crippen molar-refractivity contribution in [2.24, 2.45) is 0 Å². The lowest BCUT2D eigenvalue weighted by Gasteiger charge is -2.27. The maximum Gasteiger partial charge on any atom is 0.326 e. The number of methoxy groups -OCH3 is 2. The van der Waals surface area contributed by atoms with Crippen LogP contribution in [-0.2, 0) is 9.59 Å². The molecule has 8 heteroatoms. The zero-order valence-electron chi connectivity index (χ0n) is 14.2. The van der Waals surface area contributed by atoms with Gasteiger partial charge in [0, 0.05) is 20.0 Å². The lowest BCUT2D eigenvalue weighted by molar-refractivity contribution is -0.141. The second kappa shape index (κ2) is 8.76. The molecular formula is C16H22N2O6. The minimum atomic E-state index is -1.15. The van der Waals surface area contributed by atoms with Crippen molar-refractivity contribution in [1.29, 1.82) is 0 Å². The fraction of sp³-hybridized carbons (Fsp3) is 0.438. The van der Waals surface area contributed by atoms with Crippen molar-refractivity contribution in [3.05, 3.63) is 23.8 Å². The molecule has 132 valence electrons. The lowest BCUT2D eigenvalue weighted by Crippen LogP contribution is -2.46. The van der Waals surface area contributed by atoms with Crippen LogP contribution in [0, 0.1) is 0 Å². The van der Waals surface area contributed by atoms with Crippen molar-refractivity contribution in [3.63, 3.8) is 0 Å². The molecule has 0 spiro atoms. The predicted molar refractivity (Wildman–Crippen MR) is 86.4 cm³/mol. The topological polar surface area (TPSA) is 105 Å². The molecular weight excluding hydrogens is 316 g/mol. The first-order valence-corrected chi connectivity index (χ1v) is 7.32. The molecule has 8 nitrogen and oxygen atoms in total. The molecule has 0 aliphatic carbocycles. The van der Waals surface area contributed by atoms with E-state index in [0.29, 0.717) is 5.75 Å². The summed E-state index contributed by atoms with van der Waals surface area (Å²) in [6, 6.07) is 3.72. The van der Waals surface area contributed by atoms with E-state index in [4.69, 9.17) is 9.47 Å². The molecule has 1 rings (SSSR count). The van der Waals surface area contributed by atoms with Gasteiger partial charge < -0.3 is 24.8 Å². The maximum atomic E-state index is 12.8. The Morgan fingerprint density at radius 2 is 1.92 bits per heavy atom. The van der Waals surface area contributed by atoms with Crippen LogP contribution in [-0.4, -0.2) is 61.1 Å². The molecule has 0 saturated carbocycles. The van der Waals surface area contributed by atoms with E-state index in [-0.39, 0.29) is 30.3 Å². The summed E-state index contributed by atoms with van der Waals surface area (Å²) in [5.74, 6) is -1.33. The van der Waals surface area contributed by atoms with Crippen LogP contribution in [0.2, 0.25) is 0 Å². The molecule has 0 aliphatic rings. The van der Waals surface area contributed by atoms with Gasteiger partial charge in [0.25, 0.3) is 5.91 Å². The van der Waals surface area contributed by atoms with Crippen molar-refractivity contribution in [2.75, 3.05) is 27.3 Å². The Bertz CT molecular complexity index is 617. The van der Waals surface area contributed by atoms with Crippen molar-refractivity contribution < 1.29 is 29.0 Å². The first kappa shape index (κ1) is 19.3. The second-order valence-electron chi connectivity index (χ2n) is 5.04. The quantitative estimate of drug-likeness (QED) is 0.725. The van der Waals surface area contributed by atoms with E-state index in [9.17, 15) is 19.5 Å². The highest BCUT2D eigenvalue weighted by Crippen LogP contribution is 2.31. The average molecular weight is 338 g/mol. The number of nitrogens with one attached hydrogen (secondary N) is 1. The van der Waals surface area contributed by atoms with E-state index >= 15 is 0 Å². The predicted octanol–water partition coefficient (Wildman–Crippen LogP) is 0.755. The van der Waals surface area contributed by atoms with E-state index in [1.807, 2.05) is 0 Å². The van der Waals surface area contributed by atoms with Gasteiger partial charge in [0.1, 0.15) is 6.04 Å². The zero-order chi connectivity index (χ0) is 18.3. The summed E-state index contributed by atoms with van der Waals surface area (Å²) in [7, 11) is 2.84. The zero-order valence-corrected chi connectivity index (χ0v) is 14.2. The van der Waals surface area contributed by atoms with E-state index in [1.54, 1.807) is 12.1 Å². The monoisotopic (exact) mass is 338 g/mol. The summed E-state index contributed by atoms with van der Waals surface area (Å²) < 4.78 is 10.4. The SMILES string of the molecule is COc1cccc(C(=O)N(CCNC(C)=O)C(C)C(=O)O)c1OC. The number of ether oxygens (including phenoxy) is 2. The van der Waals surface area contributed by atoms with Crippen LogP contribution in [0.5, 0.6) is 11.5 Å². The van der Waals surface area contributed by atoms with Gasteiger partial charge in [-0.15, -0.1) is 0 Å². The van der Waals surface area contributed by atoms with E-state index in [2.05, 4.69) is 5.32 Å². The smallest absolute Gasteiger partial charge is 0.326 e. The molecule has 24 heavy (non-hydrogen) atoms. The number of nitrogens with zero attached hydrogens (tertiary/aromatic N) is 1. The molecule has 1 aromatic rings. The molecule has 0 radical (unpaired) electrons. The summed E-state index contributed by atoms with van der Waals surface area (Å²) in [4.78, 5) is 36.3. The van der Waals surface area contributed by atoms with Gasteiger partial charge in [0.15, 0.2) is 11.5 Å². The molecule has 0 heterocycles. The van der Waals surface area contributed by atoms with Crippen LogP contribution in [0.25, 0.3) is 0 Å². The summed E-state index contributed by atoms with van der Waals surface area (Å²) in [6.45, 7) is 2.94. The molecule has 1 aromatic carbocycles. The van der Waals surface area contributed by atoms with Gasteiger partial charge >= 0.3 is 5.97 Å². The molecule has 1 atom stereocenters. The minimum absolute atomic E-state index is 0.0479. The first-order chi connectivity index (χ1) is 11.3. The van der Waals surface area contributed by atoms with E-state index in [1.165, 1.54) is 34.1 Å². The number of rotatable bonds is 8. The fourth-order valence-electron chi connectivity index (χ4n) is 2.17. The second-order valence-corrected chi connectivity index (χ2v) is 5.04. The van der Waals surface area contributed by atoms with Gasteiger partial charge in [-0.05, 0) is 19.1 Å². The Hall–Kier alpha value is -2.77. The van der Waals surface area contributed by atoms with Crippen LogP contribution in [0.4, 0.5) is 0 Å². The number of carboxylic acid groups (broad SMARTS) is 1. The highest BCUT2D eigenvalue weighted by molar-refractivity contribution is 5.99. The normalized spacial score (nSPS) is 11.3. The highest BCUT2D eigenvalue weighted by Gasteiger charge is 2.29. The molecule has 0 bridgehead atoms. The van der Waals surface area contributed by atoms with Gasteiger partial charge in [-0.25, -0.2) is 4.79 Å². The van der Waals surface area contributed by atoms with Crippen molar-refractivity contribution in [2.45, 2.75) is 19.9 Å². The Morgan fingerprint density at radius 1 is 1.25 bits per heavy atom. The number of hydrogen-bond donors (Lipinski definition) is 2. The van der Waals surface area contributed by atoms with Crippen LogP contribution < -0.4 is 14.8 Å². The van der Waals surface area contributed by atoms with Crippen LogP contribution >= 0.6 is 0 Å². The Morgan fingerprint density at radius 3 is 2.42 bits per heavy atom. The van der Waals surface area contributed by atoms with E-state index in [0.717, 1.165) is 4.90 Å². The number of carbonyl (C=O) groups excluding carboxylic acids is 2. The lowest BCUT2D eigenvalue weighted by atomic mass is 10.1. The number of amides is 2. The van der Waals surface area contributed by atoms with Gasteiger partial charge in [0.05, 0.1) is 19.8 Å². The molecule has 0 aliphatic heterocycles. The molecule has 0 saturated heterocycles. The Labute approximate surface area is 140 Å². The average Bonchev–Trinajstić information content (AvgIpc) is 2.56. The number of hydrogen-bond acceptors (Lipinski definition) is 5. The Balaban J connectivity index is 3.15. The van der Waals surface area contributed by atoms with E-state index < -0.39 is 17.9 Å². The van der Waals surface area contributed by atoms with Crippen molar-refractivity contribution in [1.82, 2.24) is 10.2 Å². The third-order valence-electron chi connectivity index (χ3n) is 3.45. The van der Waals surface area contributed by atoms with Crippen molar-refractivity contribution >= 4 is 17.8 Å². The fourth-order valence-corrected chi connectivity index (χ4v) is 2.17.